The van der Waals surface area contributed by atoms with Crippen LogP contribution in [-0.2, 0) is 0 Å². The lowest BCUT2D eigenvalue weighted by Crippen LogP contribution is -2.10. The molecule has 18 heavy (non-hydrogen) atoms. The van der Waals surface area contributed by atoms with E-state index in [2.05, 4.69) is 17.2 Å². The summed E-state index contributed by atoms with van der Waals surface area (Å²) in [5.74, 6) is -0.486. The highest BCUT2D eigenvalue weighted by Crippen LogP contribution is 2.24. The van der Waals surface area contributed by atoms with Gasteiger partial charge in [0.2, 0.25) is 5.95 Å². The molecule has 94 valence electrons. The van der Waals surface area contributed by atoms with Crippen LogP contribution < -0.4 is 10.2 Å². The second-order valence-corrected chi connectivity index (χ2v) is 4.39. The van der Waals surface area contributed by atoms with Crippen LogP contribution >= 0.6 is 0 Å². The third-order valence-electron chi connectivity index (χ3n) is 2.71. The number of hydrogen-bond donors (Lipinski definition) is 1. The van der Waals surface area contributed by atoms with Gasteiger partial charge in [0.1, 0.15) is 0 Å². The quantitative estimate of drug-likeness (QED) is 0.841. The zero-order valence-corrected chi connectivity index (χ0v) is 10.7. The van der Waals surface area contributed by atoms with Crippen LogP contribution in [0, 0.1) is 12.9 Å². The van der Waals surface area contributed by atoms with Gasteiger partial charge in [0.15, 0.2) is 0 Å². The van der Waals surface area contributed by atoms with Crippen molar-refractivity contribution < 1.29 is 4.39 Å². The first kappa shape index (κ1) is 12.4. The molecule has 1 heterocycles. The van der Waals surface area contributed by atoms with Gasteiger partial charge in [-0.05, 0) is 30.7 Å². The Morgan fingerprint density at radius 2 is 1.83 bits per heavy atom. The second-order valence-electron chi connectivity index (χ2n) is 4.39. The standard InChI is InChI=1S/C14H16FN3/c1-10-4-5-11(8-13(10)18(2)3)17-12-6-7-16-14(15)9-12/h4-9H,1-3H3,(H,16,17). The van der Waals surface area contributed by atoms with Crippen LogP contribution in [0.4, 0.5) is 21.5 Å². The van der Waals surface area contributed by atoms with Gasteiger partial charge in [-0.2, -0.15) is 4.39 Å². The summed E-state index contributed by atoms with van der Waals surface area (Å²) in [7, 11) is 4.00. The number of nitrogens with zero attached hydrogens (tertiary/aromatic N) is 2. The molecule has 0 saturated heterocycles. The highest BCUT2D eigenvalue weighted by atomic mass is 19.1. The lowest BCUT2D eigenvalue weighted by molar-refractivity contribution is 0.584. The largest absolute Gasteiger partial charge is 0.377 e. The maximum absolute atomic E-state index is 13.0. The Morgan fingerprint density at radius 1 is 1.11 bits per heavy atom. The molecule has 0 radical (unpaired) electrons. The Hall–Kier alpha value is -2.10. The van der Waals surface area contributed by atoms with Crippen molar-refractivity contribution in [3.05, 3.63) is 48.0 Å². The molecule has 2 aromatic rings. The fourth-order valence-corrected chi connectivity index (χ4v) is 1.82. The summed E-state index contributed by atoms with van der Waals surface area (Å²) in [5.41, 5.74) is 3.95. The van der Waals surface area contributed by atoms with Crippen molar-refractivity contribution in [3.63, 3.8) is 0 Å². The Morgan fingerprint density at radius 3 is 2.50 bits per heavy atom. The number of hydrogen-bond acceptors (Lipinski definition) is 3. The maximum Gasteiger partial charge on any atom is 0.214 e. The van der Waals surface area contributed by atoms with E-state index >= 15 is 0 Å². The number of pyridine rings is 1. The molecule has 0 aliphatic rings. The molecule has 1 aromatic heterocycles. The zero-order chi connectivity index (χ0) is 13.1. The summed E-state index contributed by atoms with van der Waals surface area (Å²) in [6.07, 6.45) is 1.44. The van der Waals surface area contributed by atoms with E-state index in [0.717, 1.165) is 11.4 Å². The molecule has 0 fully saturated rings. The first-order valence-electron chi connectivity index (χ1n) is 5.73. The van der Waals surface area contributed by atoms with Crippen molar-refractivity contribution >= 4 is 17.1 Å². The Balaban J connectivity index is 2.27. The molecule has 0 aliphatic heterocycles. The van der Waals surface area contributed by atoms with Gasteiger partial charge in [0.25, 0.3) is 0 Å². The number of anilines is 3. The predicted molar refractivity (Wildman–Crippen MR) is 73.0 cm³/mol. The van der Waals surface area contributed by atoms with E-state index in [-0.39, 0.29) is 0 Å². The molecule has 1 aromatic carbocycles. The Bertz CT molecular complexity index is 552. The zero-order valence-electron chi connectivity index (χ0n) is 10.7. The molecule has 2 rings (SSSR count). The van der Waals surface area contributed by atoms with Crippen molar-refractivity contribution in [1.29, 1.82) is 0 Å². The first-order valence-corrected chi connectivity index (χ1v) is 5.73. The van der Waals surface area contributed by atoms with Gasteiger partial charge in [-0.15, -0.1) is 0 Å². The van der Waals surface area contributed by atoms with Crippen molar-refractivity contribution in [2.75, 3.05) is 24.3 Å². The lowest BCUT2D eigenvalue weighted by Gasteiger charge is -2.17. The summed E-state index contributed by atoms with van der Waals surface area (Å²) in [4.78, 5) is 5.58. The van der Waals surface area contributed by atoms with Crippen LogP contribution in [0.15, 0.2) is 36.5 Å². The minimum absolute atomic E-state index is 0.486. The third kappa shape index (κ3) is 2.77. The number of rotatable bonds is 3. The Labute approximate surface area is 106 Å². The van der Waals surface area contributed by atoms with Crippen molar-refractivity contribution in [3.8, 4) is 0 Å². The minimum Gasteiger partial charge on any atom is -0.377 e. The summed E-state index contributed by atoms with van der Waals surface area (Å²) in [6, 6.07) is 9.15. The maximum atomic E-state index is 13.0. The number of aromatic nitrogens is 1. The molecular formula is C14H16FN3. The molecule has 0 spiro atoms. The van der Waals surface area contributed by atoms with Gasteiger partial charge in [-0.25, -0.2) is 4.98 Å². The van der Waals surface area contributed by atoms with Gasteiger partial charge in [0.05, 0.1) is 0 Å². The fourth-order valence-electron chi connectivity index (χ4n) is 1.82. The second kappa shape index (κ2) is 5.04. The molecule has 0 unspecified atom stereocenters. The summed E-state index contributed by atoms with van der Waals surface area (Å²) in [6.45, 7) is 2.06. The van der Waals surface area contributed by atoms with Crippen LogP contribution in [-0.4, -0.2) is 19.1 Å². The highest BCUT2D eigenvalue weighted by molar-refractivity contribution is 5.67. The topological polar surface area (TPSA) is 28.2 Å². The molecule has 0 amide bonds. The average molecular weight is 245 g/mol. The summed E-state index contributed by atoms with van der Waals surface area (Å²) in [5, 5.41) is 3.16. The summed E-state index contributed by atoms with van der Waals surface area (Å²) < 4.78 is 13.0. The molecule has 1 N–H and O–H groups in total. The highest BCUT2D eigenvalue weighted by Gasteiger charge is 2.03. The molecule has 0 bridgehead atoms. The molecule has 0 aliphatic carbocycles. The van der Waals surface area contributed by atoms with Crippen molar-refractivity contribution in [2.45, 2.75) is 6.92 Å². The van der Waals surface area contributed by atoms with E-state index in [9.17, 15) is 4.39 Å². The monoisotopic (exact) mass is 245 g/mol. The Kier molecular flexibility index (Phi) is 3.46. The normalized spacial score (nSPS) is 10.2. The number of aryl methyl sites for hydroxylation is 1. The van der Waals surface area contributed by atoms with E-state index in [0.29, 0.717) is 5.69 Å². The van der Waals surface area contributed by atoms with E-state index in [4.69, 9.17) is 0 Å². The van der Waals surface area contributed by atoms with E-state index in [1.807, 2.05) is 37.2 Å². The molecule has 0 saturated carbocycles. The van der Waals surface area contributed by atoms with E-state index in [1.54, 1.807) is 6.07 Å². The van der Waals surface area contributed by atoms with E-state index < -0.39 is 5.95 Å². The predicted octanol–water partition coefficient (Wildman–Crippen LogP) is 3.34. The van der Waals surface area contributed by atoms with Gasteiger partial charge >= 0.3 is 0 Å². The molecule has 0 atom stereocenters. The summed E-state index contributed by atoms with van der Waals surface area (Å²) >= 11 is 0. The van der Waals surface area contributed by atoms with Gasteiger partial charge < -0.3 is 10.2 Å². The lowest BCUT2D eigenvalue weighted by atomic mass is 10.1. The molecular weight excluding hydrogens is 229 g/mol. The van der Waals surface area contributed by atoms with Gasteiger partial charge in [-0.3, -0.25) is 0 Å². The van der Waals surface area contributed by atoms with Crippen LogP contribution in [0.3, 0.4) is 0 Å². The molecule has 3 nitrogen and oxygen atoms in total. The number of benzene rings is 1. The van der Waals surface area contributed by atoms with Gasteiger partial charge in [-0.1, -0.05) is 6.07 Å². The van der Waals surface area contributed by atoms with E-state index in [1.165, 1.54) is 17.8 Å². The van der Waals surface area contributed by atoms with Gasteiger partial charge in [0, 0.05) is 43.4 Å². The van der Waals surface area contributed by atoms with Crippen LogP contribution in [0.5, 0.6) is 0 Å². The fraction of sp³-hybridized carbons (Fsp3) is 0.214. The average Bonchev–Trinajstić information content (AvgIpc) is 2.31. The van der Waals surface area contributed by atoms with Crippen molar-refractivity contribution in [2.24, 2.45) is 0 Å². The third-order valence-corrected chi connectivity index (χ3v) is 2.71. The van der Waals surface area contributed by atoms with Crippen LogP contribution in [0.1, 0.15) is 5.56 Å². The number of nitrogens with one attached hydrogen (secondary N) is 1. The smallest absolute Gasteiger partial charge is 0.214 e. The molecule has 4 heteroatoms. The van der Waals surface area contributed by atoms with Crippen LogP contribution in [0.25, 0.3) is 0 Å². The minimum atomic E-state index is -0.486. The number of halogens is 1. The van der Waals surface area contributed by atoms with Crippen LogP contribution in [0.2, 0.25) is 0 Å². The SMILES string of the molecule is Cc1ccc(Nc2ccnc(F)c2)cc1N(C)C. The first-order chi connectivity index (χ1) is 8.56. The van der Waals surface area contributed by atoms with Crippen molar-refractivity contribution in [1.82, 2.24) is 4.98 Å².